The lowest BCUT2D eigenvalue weighted by molar-refractivity contribution is 0.481. The monoisotopic (exact) mass is 306 g/mol. The lowest BCUT2D eigenvalue weighted by Crippen LogP contribution is -1.98. The normalized spacial score (nSPS) is 10.2. The van der Waals surface area contributed by atoms with E-state index in [1.807, 2.05) is 44.2 Å². The van der Waals surface area contributed by atoms with Crippen molar-refractivity contribution in [3.8, 4) is 11.5 Å². The van der Waals surface area contributed by atoms with Gasteiger partial charge in [0.25, 0.3) is 0 Å². The summed E-state index contributed by atoms with van der Waals surface area (Å²) in [5, 5.41) is 3.16. The minimum atomic E-state index is 0.780. The van der Waals surface area contributed by atoms with Gasteiger partial charge in [-0.25, -0.2) is 4.98 Å². The third-order valence-corrected chi connectivity index (χ3v) is 3.34. The fourth-order valence-electron chi connectivity index (χ4n) is 1.57. The van der Waals surface area contributed by atoms with Crippen LogP contribution in [0, 0.1) is 6.92 Å². The fourth-order valence-corrected chi connectivity index (χ4v) is 1.82. The second-order valence-electron chi connectivity index (χ2n) is 3.92. The molecule has 0 spiro atoms. The number of nitrogens with zero attached hydrogens (tertiary/aromatic N) is 1. The highest BCUT2D eigenvalue weighted by molar-refractivity contribution is 9.10. The molecule has 0 radical (unpaired) electrons. The molecule has 0 amide bonds. The summed E-state index contributed by atoms with van der Waals surface area (Å²) < 4.78 is 6.88. The van der Waals surface area contributed by atoms with Crippen molar-refractivity contribution in [3.05, 3.63) is 46.6 Å². The lowest BCUT2D eigenvalue weighted by Gasteiger charge is -2.09. The van der Waals surface area contributed by atoms with Gasteiger partial charge in [0.1, 0.15) is 17.3 Å². The van der Waals surface area contributed by atoms with Crippen LogP contribution in [0.5, 0.6) is 11.5 Å². The van der Waals surface area contributed by atoms with E-state index in [0.717, 1.165) is 33.9 Å². The zero-order valence-electron chi connectivity index (χ0n) is 10.4. The average Bonchev–Trinajstić information content (AvgIpc) is 2.35. The van der Waals surface area contributed by atoms with E-state index in [1.54, 1.807) is 6.20 Å². The van der Waals surface area contributed by atoms with E-state index < -0.39 is 0 Å². The highest BCUT2D eigenvalue weighted by atomic mass is 79.9. The molecule has 0 aliphatic rings. The smallest absolute Gasteiger partial charge is 0.132 e. The van der Waals surface area contributed by atoms with Crippen LogP contribution < -0.4 is 10.1 Å². The molecule has 0 fully saturated rings. The molecule has 94 valence electrons. The molecule has 0 saturated carbocycles. The number of aryl methyl sites for hydroxylation is 1. The largest absolute Gasteiger partial charge is 0.457 e. The van der Waals surface area contributed by atoms with Crippen LogP contribution in [0.3, 0.4) is 0 Å². The van der Waals surface area contributed by atoms with Gasteiger partial charge in [-0.1, -0.05) is 15.9 Å². The molecule has 0 aliphatic carbocycles. The van der Waals surface area contributed by atoms with E-state index >= 15 is 0 Å². The van der Waals surface area contributed by atoms with Gasteiger partial charge in [-0.05, 0) is 43.7 Å². The Labute approximate surface area is 115 Å². The van der Waals surface area contributed by atoms with Crippen LogP contribution in [-0.4, -0.2) is 11.5 Å². The molecular formula is C14H15BrN2O. The van der Waals surface area contributed by atoms with Gasteiger partial charge in [-0.15, -0.1) is 0 Å². The van der Waals surface area contributed by atoms with Gasteiger partial charge in [0.05, 0.1) is 0 Å². The first-order chi connectivity index (χ1) is 8.69. The van der Waals surface area contributed by atoms with E-state index in [0.29, 0.717) is 0 Å². The Kier molecular flexibility index (Phi) is 4.20. The molecule has 2 aromatic rings. The predicted molar refractivity (Wildman–Crippen MR) is 77.4 cm³/mol. The first-order valence-electron chi connectivity index (χ1n) is 5.83. The van der Waals surface area contributed by atoms with Crippen LogP contribution in [-0.2, 0) is 0 Å². The SMILES string of the molecule is CCNc1cc(Oc2ccc(Br)c(C)c2)ccn1. The number of halogens is 1. The van der Waals surface area contributed by atoms with E-state index in [4.69, 9.17) is 4.74 Å². The first-order valence-corrected chi connectivity index (χ1v) is 6.62. The van der Waals surface area contributed by atoms with Crippen LogP contribution >= 0.6 is 15.9 Å². The molecule has 0 atom stereocenters. The van der Waals surface area contributed by atoms with Crippen LogP contribution in [0.25, 0.3) is 0 Å². The number of anilines is 1. The average molecular weight is 307 g/mol. The molecule has 2 rings (SSSR count). The Hall–Kier alpha value is -1.55. The summed E-state index contributed by atoms with van der Waals surface area (Å²) in [5.41, 5.74) is 1.15. The Morgan fingerprint density at radius 1 is 1.22 bits per heavy atom. The molecule has 18 heavy (non-hydrogen) atoms. The molecule has 1 N–H and O–H groups in total. The molecule has 0 bridgehead atoms. The molecule has 0 saturated heterocycles. The summed E-state index contributed by atoms with van der Waals surface area (Å²) >= 11 is 3.47. The van der Waals surface area contributed by atoms with Gasteiger partial charge in [0, 0.05) is 23.3 Å². The van der Waals surface area contributed by atoms with Crippen LogP contribution in [0.15, 0.2) is 41.0 Å². The summed E-state index contributed by atoms with van der Waals surface area (Å²) in [7, 11) is 0. The summed E-state index contributed by atoms with van der Waals surface area (Å²) in [6.07, 6.45) is 1.74. The number of nitrogens with one attached hydrogen (secondary N) is 1. The number of benzene rings is 1. The van der Waals surface area contributed by atoms with Gasteiger partial charge in [0.15, 0.2) is 0 Å². The van der Waals surface area contributed by atoms with Crippen LogP contribution in [0.4, 0.5) is 5.82 Å². The number of hydrogen-bond acceptors (Lipinski definition) is 3. The standard InChI is InChI=1S/C14H15BrN2O/c1-3-16-14-9-12(6-7-17-14)18-11-4-5-13(15)10(2)8-11/h4-9H,3H2,1-2H3,(H,16,17). The number of pyridine rings is 1. The summed E-state index contributed by atoms with van der Waals surface area (Å²) in [6, 6.07) is 9.65. The molecule has 4 heteroatoms. The molecule has 3 nitrogen and oxygen atoms in total. The zero-order valence-corrected chi connectivity index (χ0v) is 12.0. The molecule has 1 heterocycles. The summed E-state index contributed by atoms with van der Waals surface area (Å²) in [5.74, 6) is 2.43. The molecule has 0 aliphatic heterocycles. The fraction of sp³-hybridized carbons (Fsp3) is 0.214. The molecule has 1 aromatic carbocycles. The van der Waals surface area contributed by atoms with Crippen LogP contribution in [0.1, 0.15) is 12.5 Å². The maximum absolute atomic E-state index is 5.80. The Balaban J connectivity index is 2.17. The van der Waals surface area contributed by atoms with E-state index in [9.17, 15) is 0 Å². The van der Waals surface area contributed by atoms with E-state index in [2.05, 4.69) is 26.2 Å². The van der Waals surface area contributed by atoms with Crippen molar-refractivity contribution in [2.75, 3.05) is 11.9 Å². The minimum Gasteiger partial charge on any atom is -0.457 e. The summed E-state index contributed by atoms with van der Waals surface area (Å²) in [4.78, 5) is 4.20. The van der Waals surface area contributed by atoms with Gasteiger partial charge < -0.3 is 10.1 Å². The lowest BCUT2D eigenvalue weighted by atomic mass is 10.2. The van der Waals surface area contributed by atoms with Crippen molar-refractivity contribution in [1.29, 1.82) is 0 Å². The highest BCUT2D eigenvalue weighted by Gasteiger charge is 2.01. The molecule has 0 unspecified atom stereocenters. The van der Waals surface area contributed by atoms with Gasteiger partial charge in [-0.3, -0.25) is 0 Å². The molecule has 1 aromatic heterocycles. The van der Waals surface area contributed by atoms with Crippen molar-refractivity contribution in [1.82, 2.24) is 4.98 Å². The minimum absolute atomic E-state index is 0.780. The second kappa shape index (κ2) is 5.87. The number of rotatable bonds is 4. The van der Waals surface area contributed by atoms with Gasteiger partial charge >= 0.3 is 0 Å². The quantitative estimate of drug-likeness (QED) is 0.910. The zero-order chi connectivity index (χ0) is 13.0. The second-order valence-corrected chi connectivity index (χ2v) is 4.77. The summed E-state index contributed by atoms with van der Waals surface area (Å²) in [6.45, 7) is 4.91. The molecular weight excluding hydrogens is 292 g/mol. The van der Waals surface area contributed by atoms with Gasteiger partial charge in [-0.2, -0.15) is 0 Å². The van der Waals surface area contributed by atoms with Crippen LogP contribution in [0.2, 0.25) is 0 Å². The number of hydrogen-bond donors (Lipinski definition) is 1. The van der Waals surface area contributed by atoms with Crippen molar-refractivity contribution in [2.45, 2.75) is 13.8 Å². The highest BCUT2D eigenvalue weighted by Crippen LogP contribution is 2.26. The van der Waals surface area contributed by atoms with Crippen molar-refractivity contribution < 1.29 is 4.74 Å². The predicted octanol–water partition coefficient (Wildman–Crippen LogP) is 4.38. The number of ether oxygens (including phenoxy) is 1. The van der Waals surface area contributed by atoms with E-state index in [-0.39, 0.29) is 0 Å². The van der Waals surface area contributed by atoms with Crippen molar-refractivity contribution in [3.63, 3.8) is 0 Å². The Bertz CT molecular complexity index is 543. The third-order valence-electron chi connectivity index (χ3n) is 2.45. The van der Waals surface area contributed by atoms with E-state index in [1.165, 1.54) is 0 Å². The van der Waals surface area contributed by atoms with Crippen molar-refractivity contribution in [2.24, 2.45) is 0 Å². The maximum atomic E-state index is 5.80. The first kappa shape index (κ1) is 12.9. The third kappa shape index (κ3) is 3.23. The number of aromatic nitrogens is 1. The Morgan fingerprint density at radius 2 is 2.00 bits per heavy atom. The van der Waals surface area contributed by atoms with Gasteiger partial charge in [0.2, 0.25) is 0 Å². The Morgan fingerprint density at radius 3 is 2.72 bits per heavy atom. The van der Waals surface area contributed by atoms with Crippen molar-refractivity contribution >= 4 is 21.7 Å². The topological polar surface area (TPSA) is 34.1 Å². The maximum Gasteiger partial charge on any atom is 0.132 e.